The number of aromatic nitrogens is 2. The average Bonchev–Trinajstić information content (AvgIpc) is 2.96. The SMILES string of the molecule is CCC(C)n1nc(C2CC2)cc1[C@H](C)N. The van der Waals surface area contributed by atoms with Crippen LogP contribution in [0.25, 0.3) is 0 Å². The Morgan fingerprint density at radius 2 is 2.20 bits per heavy atom. The monoisotopic (exact) mass is 207 g/mol. The minimum atomic E-state index is 0.0824. The molecule has 3 heteroatoms. The summed E-state index contributed by atoms with van der Waals surface area (Å²) in [5.74, 6) is 0.716. The highest BCUT2D eigenvalue weighted by molar-refractivity contribution is 5.21. The summed E-state index contributed by atoms with van der Waals surface area (Å²) in [5.41, 5.74) is 8.42. The molecule has 0 spiro atoms. The van der Waals surface area contributed by atoms with Crippen molar-refractivity contribution in [3.05, 3.63) is 17.5 Å². The lowest BCUT2D eigenvalue weighted by Gasteiger charge is -2.15. The van der Waals surface area contributed by atoms with Gasteiger partial charge < -0.3 is 5.73 Å². The lowest BCUT2D eigenvalue weighted by Crippen LogP contribution is -2.16. The molecule has 2 N–H and O–H groups in total. The summed E-state index contributed by atoms with van der Waals surface area (Å²) in [5, 5.41) is 4.70. The zero-order valence-corrected chi connectivity index (χ0v) is 9.90. The van der Waals surface area contributed by atoms with Gasteiger partial charge in [-0.25, -0.2) is 0 Å². The van der Waals surface area contributed by atoms with Crippen molar-refractivity contribution < 1.29 is 0 Å². The summed E-state index contributed by atoms with van der Waals surface area (Å²) in [6.07, 6.45) is 3.71. The Hall–Kier alpha value is -0.830. The van der Waals surface area contributed by atoms with Gasteiger partial charge in [0.2, 0.25) is 0 Å². The number of nitrogens with two attached hydrogens (primary N) is 1. The van der Waals surface area contributed by atoms with E-state index < -0.39 is 0 Å². The summed E-state index contributed by atoms with van der Waals surface area (Å²) in [4.78, 5) is 0. The zero-order valence-electron chi connectivity index (χ0n) is 9.90. The third-order valence-electron chi connectivity index (χ3n) is 3.25. The van der Waals surface area contributed by atoms with Gasteiger partial charge in [0.1, 0.15) is 0 Å². The Morgan fingerprint density at radius 1 is 1.53 bits per heavy atom. The maximum Gasteiger partial charge on any atom is 0.0659 e. The first-order valence-electron chi connectivity index (χ1n) is 5.98. The zero-order chi connectivity index (χ0) is 11.0. The molecule has 1 aromatic rings. The van der Waals surface area contributed by atoms with Crippen LogP contribution in [0.4, 0.5) is 0 Å². The summed E-state index contributed by atoms with van der Waals surface area (Å²) >= 11 is 0. The number of hydrogen-bond acceptors (Lipinski definition) is 2. The van der Waals surface area contributed by atoms with Crippen molar-refractivity contribution in [2.75, 3.05) is 0 Å². The highest BCUT2D eigenvalue weighted by Crippen LogP contribution is 2.40. The fraction of sp³-hybridized carbons (Fsp3) is 0.750. The molecule has 0 amide bonds. The lowest BCUT2D eigenvalue weighted by atomic mass is 10.2. The van der Waals surface area contributed by atoms with Crippen LogP contribution in [-0.2, 0) is 0 Å². The van der Waals surface area contributed by atoms with E-state index in [0.717, 1.165) is 6.42 Å². The van der Waals surface area contributed by atoms with Gasteiger partial charge in [-0.1, -0.05) is 6.92 Å². The van der Waals surface area contributed by atoms with Gasteiger partial charge in [0.25, 0.3) is 0 Å². The molecular weight excluding hydrogens is 186 g/mol. The minimum Gasteiger partial charge on any atom is -0.323 e. The predicted octanol–water partition coefficient (Wildman–Crippen LogP) is 2.75. The fourth-order valence-corrected chi connectivity index (χ4v) is 1.87. The van der Waals surface area contributed by atoms with Crippen LogP contribution in [0.5, 0.6) is 0 Å². The molecule has 0 radical (unpaired) electrons. The van der Waals surface area contributed by atoms with Crippen LogP contribution in [-0.4, -0.2) is 9.78 Å². The van der Waals surface area contributed by atoms with Crippen LogP contribution in [0.2, 0.25) is 0 Å². The molecule has 1 aromatic heterocycles. The summed E-state index contributed by atoms with van der Waals surface area (Å²) < 4.78 is 2.12. The van der Waals surface area contributed by atoms with Crippen LogP contribution in [0, 0.1) is 0 Å². The van der Waals surface area contributed by atoms with Crippen molar-refractivity contribution in [1.29, 1.82) is 0 Å². The Balaban J connectivity index is 2.32. The van der Waals surface area contributed by atoms with Crippen LogP contribution in [0.1, 0.15) is 69.4 Å². The van der Waals surface area contributed by atoms with Gasteiger partial charge in [0.05, 0.1) is 11.4 Å². The Kier molecular flexibility index (Phi) is 2.83. The van der Waals surface area contributed by atoms with Gasteiger partial charge >= 0.3 is 0 Å². The Morgan fingerprint density at radius 3 is 2.67 bits per heavy atom. The Labute approximate surface area is 91.7 Å². The van der Waals surface area contributed by atoms with Gasteiger partial charge in [-0.05, 0) is 39.2 Å². The lowest BCUT2D eigenvalue weighted by molar-refractivity contribution is 0.446. The van der Waals surface area contributed by atoms with E-state index in [1.54, 1.807) is 0 Å². The molecule has 0 aliphatic heterocycles. The molecule has 0 saturated heterocycles. The summed E-state index contributed by atoms with van der Waals surface area (Å²) in [6, 6.07) is 2.74. The van der Waals surface area contributed by atoms with Crippen LogP contribution in [0.15, 0.2) is 6.07 Å². The molecule has 1 heterocycles. The van der Waals surface area contributed by atoms with E-state index >= 15 is 0 Å². The molecule has 1 aliphatic carbocycles. The molecule has 1 fully saturated rings. The van der Waals surface area contributed by atoms with Crippen LogP contribution < -0.4 is 5.73 Å². The highest BCUT2D eigenvalue weighted by Gasteiger charge is 2.28. The number of nitrogens with zero attached hydrogens (tertiary/aromatic N) is 2. The van der Waals surface area contributed by atoms with E-state index in [2.05, 4.69) is 24.6 Å². The number of hydrogen-bond donors (Lipinski definition) is 1. The van der Waals surface area contributed by atoms with Crippen molar-refractivity contribution in [3.8, 4) is 0 Å². The normalized spacial score (nSPS) is 20.3. The minimum absolute atomic E-state index is 0.0824. The quantitative estimate of drug-likeness (QED) is 0.825. The maximum atomic E-state index is 5.98. The van der Waals surface area contributed by atoms with Crippen LogP contribution in [0.3, 0.4) is 0 Å². The smallest absolute Gasteiger partial charge is 0.0659 e. The van der Waals surface area contributed by atoms with E-state index in [-0.39, 0.29) is 6.04 Å². The second-order valence-corrected chi connectivity index (χ2v) is 4.76. The molecule has 84 valence electrons. The van der Waals surface area contributed by atoms with Gasteiger partial charge in [-0.3, -0.25) is 4.68 Å². The third kappa shape index (κ3) is 2.07. The molecule has 1 saturated carbocycles. The predicted molar refractivity (Wildman–Crippen MR) is 61.8 cm³/mol. The second-order valence-electron chi connectivity index (χ2n) is 4.76. The van der Waals surface area contributed by atoms with E-state index in [0.29, 0.717) is 12.0 Å². The molecule has 2 rings (SSSR count). The topological polar surface area (TPSA) is 43.8 Å². The number of rotatable bonds is 4. The van der Waals surface area contributed by atoms with E-state index in [1.807, 2.05) is 6.92 Å². The van der Waals surface area contributed by atoms with Gasteiger partial charge in [0.15, 0.2) is 0 Å². The van der Waals surface area contributed by atoms with Crippen molar-refractivity contribution in [3.63, 3.8) is 0 Å². The molecule has 0 aromatic carbocycles. The molecule has 15 heavy (non-hydrogen) atoms. The van der Waals surface area contributed by atoms with Crippen LogP contribution >= 0.6 is 0 Å². The largest absolute Gasteiger partial charge is 0.323 e. The fourth-order valence-electron chi connectivity index (χ4n) is 1.87. The van der Waals surface area contributed by atoms with Crippen molar-refractivity contribution in [1.82, 2.24) is 9.78 Å². The summed E-state index contributed by atoms with van der Waals surface area (Å²) in [6.45, 7) is 6.43. The molecule has 0 bridgehead atoms. The second kappa shape index (κ2) is 3.97. The van der Waals surface area contributed by atoms with E-state index in [9.17, 15) is 0 Å². The van der Waals surface area contributed by atoms with Crippen molar-refractivity contribution in [2.45, 2.75) is 58.0 Å². The average molecular weight is 207 g/mol. The molecular formula is C12H21N3. The van der Waals surface area contributed by atoms with Gasteiger partial charge in [-0.2, -0.15) is 5.10 Å². The first kappa shape index (κ1) is 10.7. The molecule has 1 aliphatic rings. The molecule has 2 atom stereocenters. The van der Waals surface area contributed by atoms with E-state index in [4.69, 9.17) is 10.8 Å². The Bertz CT molecular complexity index is 337. The first-order chi connectivity index (χ1) is 7.13. The van der Waals surface area contributed by atoms with Crippen molar-refractivity contribution in [2.24, 2.45) is 5.73 Å². The first-order valence-corrected chi connectivity index (χ1v) is 5.98. The highest BCUT2D eigenvalue weighted by atomic mass is 15.3. The van der Waals surface area contributed by atoms with Gasteiger partial charge in [-0.15, -0.1) is 0 Å². The van der Waals surface area contributed by atoms with Crippen molar-refractivity contribution >= 4 is 0 Å². The molecule has 3 nitrogen and oxygen atoms in total. The third-order valence-corrected chi connectivity index (χ3v) is 3.25. The van der Waals surface area contributed by atoms with Gasteiger partial charge in [0, 0.05) is 18.0 Å². The molecule has 1 unspecified atom stereocenters. The standard InChI is InChI=1S/C12H21N3/c1-4-8(2)15-12(9(3)13)7-11(14-15)10-5-6-10/h7-10H,4-6,13H2,1-3H3/t8?,9-/m0/s1. The summed E-state index contributed by atoms with van der Waals surface area (Å²) in [7, 11) is 0. The van der Waals surface area contributed by atoms with E-state index in [1.165, 1.54) is 24.2 Å². The maximum absolute atomic E-state index is 5.98.